The van der Waals surface area contributed by atoms with Gasteiger partial charge in [0.1, 0.15) is 5.01 Å². The fourth-order valence-electron chi connectivity index (χ4n) is 2.47. The van der Waals surface area contributed by atoms with Crippen molar-refractivity contribution >= 4 is 16.3 Å². The standard InChI is InChI=1S/C11H17N5S/c1-3-8-13-14-10-16(8)15-9(17-10)11(4-2)5-6-12-7-11/h12H,3-7H2,1-2H3. The van der Waals surface area contributed by atoms with Crippen LogP contribution in [0.5, 0.6) is 0 Å². The Hall–Kier alpha value is -1.01. The van der Waals surface area contributed by atoms with Crippen LogP contribution in [-0.4, -0.2) is 32.9 Å². The van der Waals surface area contributed by atoms with Gasteiger partial charge in [-0.3, -0.25) is 0 Å². The first-order valence-electron chi connectivity index (χ1n) is 6.21. The molecule has 0 aliphatic carbocycles. The van der Waals surface area contributed by atoms with Gasteiger partial charge in [0.2, 0.25) is 4.96 Å². The van der Waals surface area contributed by atoms with Gasteiger partial charge < -0.3 is 5.32 Å². The number of hydrogen-bond acceptors (Lipinski definition) is 5. The van der Waals surface area contributed by atoms with Gasteiger partial charge in [-0.05, 0) is 19.4 Å². The molecule has 1 unspecified atom stereocenters. The molecule has 0 spiro atoms. The first-order chi connectivity index (χ1) is 8.29. The normalized spacial score (nSPS) is 24.8. The number of aryl methyl sites for hydroxylation is 1. The van der Waals surface area contributed by atoms with Crippen LogP contribution in [0.2, 0.25) is 0 Å². The maximum atomic E-state index is 4.74. The second-order valence-corrected chi connectivity index (χ2v) is 5.59. The molecule has 1 atom stereocenters. The van der Waals surface area contributed by atoms with Crippen molar-refractivity contribution in [3.05, 3.63) is 10.8 Å². The molecule has 2 aromatic heterocycles. The van der Waals surface area contributed by atoms with Crippen molar-refractivity contribution in [2.45, 2.75) is 38.5 Å². The van der Waals surface area contributed by atoms with E-state index in [1.165, 1.54) is 11.4 Å². The van der Waals surface area contributed by atoms with E-state index in [0.29, 0.717) is 0 Å². The van der Waals surface area contributed by atoms with E-state index in [1.807, 2.05) is 4.52 Å². The zero-order valence-corrected chi connectivity index (χ0v) is 11.0. The lowest BCUT2D eigenvalue weighted by Gasteiger charge is -2.22. The maximum absolute atomic E-state index is 4.74. The Labute approximate surface area is 104 Å². The van der Waals surface area contributed by atoms with Crippen LogP contribution in [0.3, 0.4) is 0 Å². The van der Waals surface area contributed by atoms with E-state index in [1.54, 1.807) is 11.3 Å². The number of nitrogens with zero attached hydrogens (tertiary/aromatic N) is 4. The van der Waals surface area contributed by atoms with E-state index in [9.17, 15) is 0 Å². The third-order valence-electron chi connectivity index (χ3n) is 3.75. The minimum absolute atomic E-state index is 0.219. The fraction of sp³-hybridized carbons (Fsp3) is 0.727. The predicted molar refractivity (Wildman–Crippen MR) is 67.5 cm³/mol. The molecular weight excluding hydrogens is 234 g/mol. The average molecular weight is 251 g/mol. The summed E-state index contributed by atoms with van der Waals surface area (Å²) in [6, 6.07) is 0. The minimum atomic E-state index is 0.219. The van der Waals surface area contributed by atoms with E-state index in [4.69, 9.17) is 5.10 Å². The number of fused-ring (bicyclic) bond motifs is 1. The number of rotatable bonds is 3. The highest BCUT2D eigenvalue weighted by molar-refractivity contribution is 7.16. The molecule has 1 aliphatic heterocycles. The lowest BCUT2D eigenvalue weighted by Crippen LogP contribution is -2.28. The summed E-state index contributed by atoms with van der Waals surface area (Å²) < 4.78 is 1.91. The van der Waals surface area contributed by atoms with E-state index in [2.05, 4.69) is 29.4 Å². The maximum Gasteiger partial charge on any atom is 0.234 e. The zero-order chi connectivity index (χ0) is 11.9. The van der Waals surface area contributed by atoms with Gasteiger partial charge in [0.25, 0.3) is 0 Å². The summed E-state index contributed by atoms with van der Waals surface area (Å²) in [4.78, 5) is 0.927. The van der Waals surface area contributed by atoms with Crippen molar-refractivity contribution in [2.24, 2.45) is 0 Å². The van der Waals surface area contributed by atoms with Crippen molar-refractivity contribution in [2.75, 3.05) is 13.1 Å². The third-order valence-corrected chi connectivity index (χ3v) is 4.89. The SMILES string of the molecule is CCc1nnc2sc(C3(CC)CCNC3)nn12. The van der Waals surface area contributed by atoms with E-state index >= 15 is 0 Å². The number of nitrogens with one attached hydrogen (secondary N) is 1. The number of aromatic nitrogens is 4. The average Bonchev–Trinajstić information content (AvgIpc) is 3.03. The van der Waals surface area contributed by atoms with Crippen LogP contribution in [-0.2, 0) is 11.8 Å². The van der Waals surface area contributed by atoms with Crippen LogP contribution in [0, 0.1) is 0 Å². The fourth-order valence-corrected chi connectivity index (χ4v) is 3.62. The summed E-state index contributed by atoms with van der Waals surface area (Å²) in [6.07, 6.45) is 3.18. The van der Waals surface area contributed by atoms with E-state index in [-0.39, 0.29) is 5.41 Å². The van der Waals surface area contributed by atoms with Crippen molar-refractivity contribution < 1.29 is 0 Å². The van der Waals surface area contributed by atoms with Gasteiger partial charge in [-0.2, -0.15) is 9.61 Å². The van der Waals surface area contributed by atoms with Gasteiger partial charge in [0.15, 0.2) is 5.82 Å². The van der Waals surface area contributed by atoms with E-state index in [0.717, 1.165) is 36.7 Å². The Morgan fingerprint density at radius 3 is 2.94 bits per heavy atom. The first-order valence-corrected chi connectivity index (χ1v) is 7.03. The van der Waals surface area contributed by atoms with Crippen LogP contribution in [0.15, 0.2) is 0 Å². The molecule has 1 fully saturated rings. The Bertz CT molecular complexity index is 523. The number of hydrogen-bond donors (Lipinski definition) is 1. The summed E-state index contributed by atoms with van der Waals surface area (Å²) in [7, 11) is 0. The zero-order valence-electron chi connectivity index (χ0n) is 10.2. The van der Waals surface area contributed by atoms with Gasteiger partial charge in [-0.25, -0.2) is 0 Å². The van der Waals surface area contributed by atoms with Crippen molar-refractivity contribution in [1.29, 1.82) is 0 Å². The van der Waals surface area contributed by atoms with Crippen LogP contribution in [0.1, 0.15) is 37.5 Å². The van der Waals surface area contributed by atoms with Crippen molar-refractivity contribution in [3.63, 3.8) is 0 Å². The lowest BCUT2D eigenvalue weighted by molar-refractivity contribution is 0.445. The molecule has 0 amide bonds. The Morgan fingerprint density at radius 1 is 1.41 bits per heavy atom. The third kappa shape index (κ3) is 1.58. The Kier molecular flexibility index (Phi) is 2.63. The molecule has 5 nitrogen and oxygen atoms in total. The van der Waals surface area contributed by atoms with Crippen molar-refractivity contribution in [1.82, 2.24) is 25.1 Å². The van der Waals surface area contributed by atoms with Gasteiger partial charge in [0.05, 0.1) is 0 Å². The minimum Gasteiger partial charge on any atom is -0.316 e. The van der Waals surface area contributed by atoms with Gasteiger partial charge in [-0.1, -0.05) is 25.2 Å². The van der Waals surface area contributed by atoms with Gasteiger partial charge in [-0.15, -0.1) is 10.2 Å². The lowest BCUT2D eigenvalue weighted by atomic mass is 9.85. The second kappa shape index (κ2) is 4.03. The summed E-state index contributed by atoms with van der Waals surface area (Å²) in [5, 5.41) is 17.7. The monoisotopic (exact) mass is 251 g/mol. The molecule has 0 radical (unpaired) electrons. The summed E-state index contributed by atoms with van der Waals surface area (Å²) in [5.74, 6) is 0.958. The van der Waals surface area contributed by atoms with Crippen LogP contribution in [0.25, 0.3) is 4.96 Å². The molecule has 0 aromatic carbocycles. The Morgan fingerprint density at radius 2 is 2.29 bits per heavy atom. The van der Waals surface area contributed by atoms with E-state index < -0.39 is 0 Å². The van der Waals surface area contributed by atoms with Crippen LogP contribution < -0.4 is 5.32 Å². The first kappa shape index (κ1) is 11.1. The summed E-state index contributed by atoms with van der Waals surface area (Å²) >= 11 is 1.69. The highest BCUT2D eigenvalue weighted by atomic mass is 32.1. The molecule has 6 heteroatoms. The highest BCUT2D eigenvalue weighted by Crippen LogP contribution is 2.36. The van der Waals surface area contributed by atoms with Gasteiger partial charge in [0, 0.05) is 18.4 Å². The predicted octanol–water partition coefficient (Wildman–Crippen LogP) is 1.39. The smallest absolute Gasteiger partial charge is 0.234 e. The Balaban J connectivity index is 2.08. The van der Waals surface area contributed by atoms with Crippen molar-refractivity contribution in [3.8, 4) is 0 Å². The summed E-state index contributed by atoms with van der Waals surface area (Å²) in [6.45, 7) is 6.46. The molecule has 17 heavy (non-hydrogen) atoms. The summed E-state index contributed by atoms with van der Waals surface area (Å²) in [5.41, 5.74) is 0.219. The topological polar surface area (TPSA) is 55.1 Å². The second-order valence-electron chi connectivity index (χ2n) is 4.63. The molecule has 2 aromatic rings. The largest absolute Gasteiger partial charge is 0.316 e. The quantitative estimate of drug-likeness (QED) is 0.895. The molecule has 0 saturated carbocycles. The molecule has 92 valence electrons. The molecule has 1 aliphatic rings. The highest BCUT2D eigenvalue weighted by Gasteiger charge is 2.37. The molecular formula is C11H17N5S. The molecule has 1 N–H and O–H groups in total. The molecule has 0 bridgehead atoms. The molecule has 1 saturated heterocycles. The van der Waals surface area contributed by atoms with Gasteiger partial charge >= 0.3 is 0 Å². The van der Waals surface area contributed by atoms with Crippen LogP contribution >= 0.6 is 11.3 Å². The molecule has 3 heterocycles. The molecule has 3 rings (SSSR count). The van der Waals surface area contributed by atoms with Crippen LogP contribution in [0.4, 0.5) is 0 Å².